The van der Waals surface area contributed by atoms with E-state index in [0.29, 0.717) is 18.1 Å². The zero-order valence-electron chi connectivity index (χ0n) is 22.6. The van der Waals surface area contributed by atoms with Crippen LogP contribution in [0.4, 0.5) is 0 Å². The van der Waals surface area contributed by atoms with Gasteiger partial charge in [0.15, 0.2) is 0 Å². The fourth-order valence-electron chi connectivity index (χ4n) is 5.88. The maximum Gasteiger partial charge on any atom is 0.0581 e. The standard InChI is InChI=1S/C28H54N2O/c1-20(2)31-27-12-11-26(19-27)23(5)17-21(3)25(7)22(4)18-24(6)29-13-15-30(16-14-29)28(8,9)10/h18,20-23,25-27H,11-17,19H2,1-10H3/b24-18+. The molecule has 0 spiro atoms. The minimum Gasteiger partial charge on any atom is -0.376 e. The van der Waals surface area contributed by atoms with Gasteiger partial charge in [-0.05, 0) is 96.8 Å². The molecule has 0 aromatic heterocycles. The molecule has 1 heterocycles. The zero-order chi connectivity index (χ0) is 23.3. The van der Waals surface area contributed by atoms with E-state index < -0.39 is 0 Å². The Morgan fingerprint density at radius 1 is 0.968 bits per heavy atom. The van der Waals surface area contributed by atoms with Crippen LogP contribution in [0.15, 0.2) is 11.8 Å². The van der Waals surface area contributed by atoms with Gasteiger partial charge in [0.2, 0.25) is 0 Å². The van der Waals surface area contributed by atoms with Crippen molar-refractivity contribution in [2.24, 2.45) is 29.6 Å². The highest BCUT2D eigenvalue weighted by Gasteiger charge is 2.32. The molecule has 2 rings (SSSR count). The molecule has 2 aliphatic rings. The maximum absolute atomic E-state index is 6.09. The summed E-state index contributed by atoms with van der Waals surface area (Å²) in [5.74, 6) is 3.77. The minimum absolute atomic E-state index is 0.290. The van der Waals surface area contributed by atoms with Crippen molar-refractivity contribution in [2.45, 2.75) is 113 Å². The summed E-state index contributed by atoms with van der Waals surface area (Å²) in [6.07, 6.45) is 8.67. The number of ether oxygens (including phenoxy) is 1. The molecule has 182 valence electrons. The molecule has 0 radical (unpaired) electrons. The molecule has 0 N–H and O–H groups in total. The van der Waals surface area contributed by atoms with Gasteiger partial charge in [0.1, 0.15) is 0 Å². The first kappa shape index (κ1) is 26.7. The van der Waals surface area contributed by atoms with Crippen molar-refractivity contribution < 1.29 is 4.74 Å². The van der Waals surface area contributed by atoms with Crippen molar-refractivity contribution in [3.63, 3.8) is 0 Å². The van der Waals surface area contributed by atoms with Gasteiger partial charge in [-0.15, -0.1) is 0 Å². The van der Waals surface area contributed by atoms with Crippen molar-refractivity contribution in [2.75, 3.05) is 26.2 Å². The minimum atomic E-state index is 0.290. The number of hydrogen-bond acceptors (Lipinski definition) is 3. The lowest BCUT2D eigenvalue weighted by atomic mass is 9.77. The lowest BCUT2D eigenvalue weighted by Crippen LogP contribution is -2.52. The van der Waals surface area contributed by atoms with Crippen LogP contribution in [0.3, 0.4) is 0 Å². The first-order valence-corrected chi connectivity index (χ1v) is 13.2. The van der Waals surface area contributed by atoms with Gasteiger partial charge in [-0.2, -0.15) is 0 Å². The number of rotatable bonds is 9. The average Bonchev–Trinajstić information content (AvgIpc) is 3.14. The maximum atomic E-state index is 6.09. The third-order valence-corrected chi connectivity index (χ3v) is 8.40. The van der Waals surface area contributed by atoms with Gasteiger partial charge < -0.3 is 9.64 Å². The van der Waals surface area contributed by atoms with Crippen LogP contribution in [0.1, 0.15) is 94.9 Å². The van der Waals surface area contributed by atoms with Crippen molar-refractivity contribution in [3.05, 3.63) is 11.8 Å². The first-order valence-electron chi connectivity index (χ1n) is 13.2. The van der Waals surface area contributed by atoms with Crippen molar-refractivity contribution >= 4 is 0 Å². The van der Waals surface area contributed by atoms with Crippen LogP contribution in [0.25, 0.3) is 0 Å². The summed E-state index contributed by atoms with van der Waals surface area (Å²) in [4.78, 5) is 5.22. The topological polar surface area (TPSA) is 15.7 Å². The van der Waals surface area contributed by atoms with E-state index in [4.69, 9.17) is 4.74 Å². The van der Waals surface area contributed by atoms with E-state index in [9.17, 15) is 0 Å². The number of nitrogens with zero attached hydrogens (tertiary/aromatic N) is 2. The Bertz CT molecular complexity index is 556. The summed E-state index contributed by atoms with van der Waals surface area (Å²) in [5, 5.41) is 0. The van der Waals surface area contributed by atoms with Gasteiger partial charge >= 0.3 is 0 Å². The highest BCUT2D eigenvalue weighted by molar-refractivity contribution is 5.03. The lowest BCUT2D eigenvalue weighted by molar-refractivity contribution is 0.00851. The summed E-state index contributed by atoms with van der Waals surface area (Å²) < 4.78 is 6.09. The Labute approximate surface area is 195 Å². The molecule has 3 heteroatoms. The summed E-state index contributed by atoms with van der Waals surface area (Å²) in [6.45, 7) is 28.2. The van der Waals surface area contributed by atoms with Crippen LogP contribution in [0.5, 0.6) is 0 Å². The van der Waals surface area contributed by atoms with Crippen LogP contribution in [-0.2, 0) is 4.74 Å². The van der Waals surface area contributed by atoms with Crippen molar-refractivity contribution in [1.29, 1.82) is 0 Å². The summed E-state index contributed by atoms with van der Waals surface area (Å²) >= 11 is 0. The van der Waals surface area contributed by atoms with Crippen molar-refractivity contribution in [3.8, 4) is 0 Å². The van der Waals surface area contributed by atoms with Crippen LogP contribution >= 0.6 is 0 Å². The molecule has 31 heavy (non-hydrogen) atoms. The van der Waals surface area contributed by atoms with E-state index >= 15 is 0 Å². The zero-order valence-corrected chi connectivity index (χ0v) is 22.6. The molecular formula is C28H54N2O. The predicted molar refractivity (Wildman–Crippen MR) is 135 cm³/mol. The largest absolute Gasteiger partial charge is 0.376 e. The second-order valence-electron chi connectivity index (χ2n) is 12.2. The molecule has 1 aliphatic carbocycles. The molecular weight excluding hydrogens is 380 g/mol. The SMILES string of the molecule is C/C(=C\C(C)C(C)C(C)CC(C)C1CCC(OC(C)C)C1)N1CCN(C(C)(C)C)CC1. The Morgan fingerprint density at radius 2 is 1.58 bits per heavy atom. The van der Waals surface area contributed by atoms with E-state index in [1.54, 1.807) is 0 Å². The van der Waals surface area contributed by atoms with Gasteiger partial charge in [0.25, 0.3) is 0 Å². The second kappa shape index (κ2) is 11.5. The van der Waals surface area contributed by atoms with Gasteiger partial charge in [-0.1, -0.05) is 33.8 Å². The van der Waals surface area contributed by atoms with Crippen LogP contribution in [0.2, 0.25) is 0 Å². The first-order chi connectivity index (χ1) is 14.4. The molecule has 0 bridgehead atoms. The molecule has 1 saturated heterocycles. The molecule has 2 fully saturated rings. The second-order valence-corrected chi connectivity index (χ2v) is 12.2. The predicted octanol–water partition coefficient (Wildman–Crippen LogP) is 6.83. The molecule has 0 amide bonds. The number of hydrogen-bond donors (Lipinski definition) is 0. The Morgan fingerprint density at radius 3 is 2.13 bits per heavy atom. The fourth-order valence-corrected chi connectivity index (χ4v) is 5.88. The van der Waals surface area contributed by atoms with Gasteiger partial charge in [0, 0.05) is 37.4 Å². The van der Waals surface area contributed by atoms with Gasteiger partial charge in [-0.25, -0.2) is 0 Å². The Hall–Kier alpha value is -0.540. The van der Waals surface area contributed by atoms with Gasteiger partial charge in [0.05, 0.1) is 12.2 Å². The normalized spacial score (nSPS) is 28.1. The Kier molecular flexibility index (Phi) is 9.95. The number of allylic oxidation sites excluding steroid dienone is 2. The fraction of sp³-hybridized carbons (Fsp3) is 0.929. The molecule has 6 atom stereocenters. The van der Waals surface area contributed by atoms with E-state index in [1.807, 2.05) is 0 Å². The highest BCUT2D eigenvalue weighted by Crippen LogP contribution is 2.38. The quantitative estimate of drug-likeness (QED) is 0.395. The molecule has 0 aromatic carbocycles. The van der Waals surface area contributed by atoms with Crippen LogP contribution in [-0.4, -0.2) is 53.7 Å². The molecule has 0 aromatic rings. The van der Waals surface area contributed by atoms with E-state index in [0.717, 1.165) is 36.8 Å². The van der Waals surface area contributed by atoms with E-state index in [-0.39, 0.29) is 5.54 Å². The average molecular weight is 435 g/mol. The third-order valence-electron chi connectivity index (χ3n) is 8.40. The molecule has 1 saturated carbocycles. The van der Waals surface area contributed by atoms with E-state index in [2.05, 4.69) is 85.1 Å². The molecule has 3 nitrogen and oxygen atoms in total. The number of piperazine rings is 1. The third kappa shape index (κ3) is 8.07. The highest BCUT2D eigenvalue weighted by atomic mass is 16.5. The summed E-state index contributed by atoms with van der Waals surface area (Å²) in [7, 11) is 0. The Balaban J connectivity index is 1.81. The van der Waals surface area contributed by atoms with Crippen molar-refractivity contribution in [1.82, 2.24) is 9.80 Å². The van der Waals surface area contributed by atoms with Crippen LogP contribution in [0, 0.1) is 29.6 Å². The monoisotopic (exact) mass is 434 g/mol. The smallest absolute Gasteiger partial charge is 0.0581 e. The van der Waals surface area contributed by atoms with Crippen LogP contribution < -0.4 is 0 Å². The molecule has 1 aliphatic heterocycles. The van der Waals surface area contributed by atoms with E-state index in [1.165, 1.54) is 44.5 Å². The van der Waals surface area contributed by atoms with Gasteiger partial charge in [-0.3, -0.25) is 4.90 Å². The molecule has 6 unspecified atom stereocenters. The lowest BCUT2D eigenvalue weighted by Gasteiger charge is -2.43. The summed E-state index contributed by atoms with van der Waals surface area (Å²) in [5.41, 5.74) is 1.77. The summed E-state index contributed by atoms with van der Waals surface area (Å²) in [6, 6.07) is 0.